The summed E-state index contributed by atoms with van der Waals surface area (Å²) in [6.45, 7) is 14.2. The van der Waals surface area contributed by atoms with Crippen LogP contribution >= 0.6 is 15.9 Å². The Hall–Kier alpha value is -4.71. The molecular weight excluding hydrogens is 821 g/mol. The van der Waals surface area contributed by atoms with Gasteiger partial charge in [-0.3, -0.25) is 0 Å². The van der Waals surface area contributed by atoms with Gasteiger partial charge in [-0.25, -0.2) is 23.8 Å². The van der Waals surface area contributed by atoms with Crippen molar-refractivity contribution in [1.82, 2.24) is 29.2 Å². The van der Waals surface area contributed by atoms with Crippen molar-refractivity contribution in [3.8, 4) is 0 Å². The van der Waals surface area contributed by atoms with Gasteiger partial charge in [-0.2, -0.15) is 10.2 Å². The standard InChI is InChI=1S/C19H22N4O3.C13H16O3.C6H5BrN4.C4H12Si/c1-2-14-10-17(25-11-13-6-4-3-5-7-13)19(24,26-14)16-9-8-15-18(20)21-12-22-23(15)16;1-2-11-8-12(13(14)16-11)15-9-10-6-4-3-5-7-10;7-5-2-1-4-6(8)9-3-10-11(4)5;1-5(2,3)4/h3-9,12,14,17,24H,2,10-11H2,1H3,(H2,20,21,22);3-7,11-12H,2,8-9H2,1H3;1-3H,(H2,8,9,10);1-4H3/t14-,17-,19?;11-,12-;;/m11../s1. The average Bonchev–Trinajstić information content (AvgIpc) is 3.99. The van der Waals surface area contributed by atoms with Crippen LogP contribution in [0.4, 0.5) is 11.6 Å². The van der Waals surface area contributed by atoms with Crippen molar-refractivity contribution in [2.75, 3.05) is 11.5 Å². The van der Waals surface area contributed by atoms with Gasteiger partial charge in [0.25, 0.3) is 0 Å². The first-order valence-electron chi connectivity index (χ1n) is 19.4. The van der Waals surface area contributed by atoms with Crippen LogP contribution in [-0.4, -0.2) is 72.8 Å². The predicted molar refractivity (Wildman–Crippen MR) is 230 cm³/mol. The van der Waals surface area contributed by atoms with Crippen LogP contribution in [0.2, 0.25) is 26.2 Å². The predicted octanol–water partition coefficient (Wildman–Crippen LogP) is 7.57. The fraction of sp³-hybridized carbons (Fsp3) is 0.405. The third kappa shape index (κ3) is 11.9. The SMILES string of the molecule is CC[C@@H]1C[C@@H](OCc2ccccc2)C(=O)O1.CC[C@@H]1C[C@@H](OCc2ccccc2)C(O)(c2ccc3c(N)ncnn23)O1.C[Si](C)(C)C.Nc1ncnn2c(Br)ccc12. The number of benzene rings is 2. The first kappa shape index (κ1) is 44.4. The van der Waals surface area contributed by atoms with Gasteiger partial charge >= 0.3 is 5.97 Å². The summed E-state index contributed by atoms with van der Waals surface area (Å²) in [6.07, 6.45) is 4.76. The number of esters is 1. The fourth-order valence-corrected chi connectivity index (χ4v) is 6.54. The van der Waals surface area contributed by atoms with E-state index in [1.54, 1.807) is 21.2 Å². The number of aromatic nitrogens is 6. The second-order valence-corrected chi connectivity index (χ2v) is 22.4. The Bertz CT molecular complexity index is 2200. The summed E-state index contributed by atoms with van der Waals surface area (Å²) in [5.41, 5.74) is 15.5. The molecule has 2 aliphatic rings. The van der Waals surface area contributed by atoms with E-state index in [0.717, 1.165) is 34.1 Å². The third-order valence-corrected chi connectivity index (χ3v) is 9.67. The molecule has 0 bridgehead atoms. The molecule has 2 saturated heterocycles. The molecule has 0 saturated carbocycles. The molecule has 5 atom stereocenters. The summed E-state index contributed by atoms with van der Waals surface area (Å²) < 4.78 is 26.9. The van der Waals surface area contributed by atoms with Crippen molar-refractivity contribution in [3.63, 3.8) is 0 Å². The lowest BCUT2D eigenvalue weighted by molar-refractivity contribution is -0.250. The molecular formula is C42H55BrN8O6Si. The molecule has 310 valence electrons. The molecule has 4 aromatic heterocycles. The second kappa shape index (κ2) is 20.3. The molecule has 2 fully saturated rings. The number of nitrogens with two attached hydrogens (primary N) is 2. The molecule has 8 rings (SSSR count). The van der Waals surface area contributed by atoms with Crippen molar-refractivity contribution in [2.24, 2.45) is 0 Å². The van der Waals surface area contributed by atoms with Crippen LogP contribution in [0.25, 0.3) is 11.0 Å². The van der Waals surface area contributed by atoms with Crippen molar-refractivity contribution in [2.45, 2.75) is 109 Å². The maximum Gasteiger partial charge on any atom is 0.335 e. The summed E-state index contributed by atoms with van der Waals surface area (Å²) in [4.78, 5) is 19.3. The molecule has 0 radical (unpaired) electrons. The zero-order valence-corrected chi connectivity index (χ0v) is 36.6. The summed E-state index contributed by atoms with van der Waals surface area (Å²) in [5, 5.41) is 19.6. The van der Waals surface area contributed by atoms with Gasteiger partial charge in [-0.05, 0) is 64.2 Å². The van der Waals surface area contributed by atoms with Crippen LogP contribution in [0.3, 0.4) is 0 Å². The maximum absolute atomic E-state index is 11.4. The maximum atomic E-state index is 11.4. The minimum Gasteiger partial charge on any atom is -0.460 e. The highest BCUT2D eigenvalue weighted by Gasteiger charge is 2.51. The lowest BCUT2D eigenvalue weighted by Gasteiger charge is -2.28. The van der Waals surface area contributed by atoms with E-state index in [-0.39, 0.29) is 24.3 Å². The van der Waals surface area contributed by atoms with E-state index < -0.39 is 20.0 Å². The summed E-state index contributed by atoms with van der Waals surface area (Å²) >= 11 is 3.32. The van der Waals surface area contributed by atoms with E-state index in [1.807, 2.05) is 86.6 Å². The van der Waals surface area contributed by atoms with Gasteiger partial charge in [0, 0.05) is 20.9 Å². The van der Waals surface area contributed by atoms with Gasteiger partial charge in [0.15, 0.2) is 17.7 Å². The Balaban J connectivity index is 0.000000170. The molecule has 58 heavy (non-hydrogen) atoms. The highest BCUT2D eigenvalue weighted by Crippen LogP contribution is 2.41. The van der Waals surface area contributed by atoms with Crippen LogP contribution in [-0.2, 0) is 42.7 Å². The molecule has 0 spiro atoms. The molecule has 2 aromatic carbocycles. The lowest BCUT2D eigenvalue weighted by atomic mass is 10.0. The Morgan fingerprint density at radius 3 is 1.83 bits per heavy atom. The minimum atomic E-state index is -1.59. The first-order chi connectivity index (χ1) is 27.7. The van der Waals surface area contributed by atoms with Gasteiger partial charge in [-0.1, -0.05) is 101 Å². The Labute approximate surface area is 349 Å². The minimum absolute atomic E-state index is 0.0354. The number of hydrogen-bond acceptors (Lipinski definition) is 12. The monoisotopic (exact) mass is 874 g/mol. The summed E-state index contributed by atoms with van der Waals surface area (Å²) in [6, 6.07) is 27.0. The summed E-state index contributed by atoms with van der Waals surface area (Å²) in [5.74, 6) is -0.974. The van der Waals surface area contributed by atoms with Gasteiger partial charge < -0.3 is 35.5 Å². The number of halogens is 1. The van der Waals surface area contributed by atoms with Crippen LogP contribution in [0.5, 0.6) is 0 Å². The number of carbonyl (C=O) groups is 1. The van der Waals surface area contributed by atoms with E-state index >= 15 is 0 Å². The highest BCUT2D eigenvalue weighted by atomic mass is 79.9. The van der Waals surface area contributed by atoms with E-state index in [1.165, 1.54) is 12.7 Å². The normalized spacial score (nSPS) is 21.3. The molecule has 6 heterocycles. The fourth-order valence-electron chi connectivity index (χ4n) is 6.13. The molecule has 0 aliphatic carbocycles. The van der Waals surface area contributed by atoms with Crippen molar-refractivity contribution in [3.05, 3.63) is 119 Å². The number of ether oxygens (including phenoxy) is 4. The second-order valence-electron chi connectivity index (χ2n) is 15.6. The lowest BCUT2D eigenvalue weighted by Crippen LogP contribution is -2.39. The van der Waals surface area contributed by atoms with Crippen molar-refractivity contribution in [1.29, 1.82) is 0 Å². The van der Waals surface area contributed by atoms with Gasteiger partial charge in [0.2, 0.25) is 5.79 Å². The number of nitrogen functional groups attached to an aromatic ring is 2. The smallest absolute Gasteiger partial charge is 0.335 e. The Morgan fingerprint density at radius 1 is 0.776 bits per heavy atom. The number of nitrogens with zero attached hydrogens (tertiary/aromatic N) is 6. The third-order valence-electron chi connectivity index (χ3n) is 9.07. The van der Waals surface area contributed by atoms with Crippen LogP contribution in [0.1, 0.15) is 56.4 Å². The number of rotatable bonds is 9. The van der Waals surface area contributed by atoms with Crippen LogP contribution in [0, 0.1) is 0 Å². The zero-order valence-electron chi connectivity index (χ0n) is 34.0. The number of anilines is 2. The Kier molecular flexibility index (Phi) is 15.5. The zero-order chi connectivity index (χ0) is 41.9. The molecule has 5 N–H and O–H groups in total. The van der Waals surface area contributed by atoms with Gasteiger partial charge in [0.05, 0.1) is 19.3 Å². The van der Waals surface area contributed by atoms with Crippen LogP contribution in [0.15, 0.2) is 102 Å². The van der Waals surface area contributed by atoms with E-state index in [0.29, 0.717) is 48.9 Å². The number of cyclic esters (lactones) is 1. The van der Waals surface area contributed by atoms with Crippen LogP contribution < -0.4 is 11.5 Å². The molecule has 16 heteroatoms. The molecule has 0 amide bonds. The first-order valence-corrected chi connectivity index (χ1v) is 24.2. The Morgan fingerprint density at radius 2 is 1.29 bits per heavy atom. The number of aliphatic hydroxyl groups is 1. The highest BCUT2D eigenvalue weighted by molar-refractivity contribution is 9.10. The molecule has 14 nitrogen and oxygen atoms in total. The molecule has 1 unspecified atom stereocenters. The van der Waals surface area contributed by atoms with Crippen molar-refractivity contribution < 1.29 is 28.8 Å². The number of hydrogen-bond donors (Lipinski definition) is 3. The largest absolute Gasteiger partial charge is 0.460 e. The van der Waals surface area contributed by atoms with E-state index in [2.05, 4.69) is 62.3 Å². The molecule has 6 aromatic rings. The van der Waals surface area contributed by atoms with E-state index in [4.69, 9.17) is 30.4 Å². The number of fused-ring (bicyclic) bond motifs is 2. The topological polar surface area (TPSA) is 187 Å². The number of carbonyl (C=O) groups excluding carboxylic acids is 1. The van der Waals surface area contributed by atoms with Gasteiger partial charge in [0.1, 0.15) is 46.2 Å². The summed E-state index contributed by atoms with van der Waals surface area (Å²) in [7, 11) is -0.611. The molecule has 2 aliphatic heterocycles. The van der Waals surface area contributed by atoms with Gasteiger partial charge in [-0.15, -0.1) is 0 Å². The van der Waals surface area contributed by atoms with Crippen molar-refractivity contribution >= 4 is 52.6 Å². The average molecular weight is 876 g/mol. The van der Waals surface area contributed by atoms with E-state index in [9.17, 15) is 9.90 Å². The quantitative estimate of drug-likeness (QED) is 0.0957.